The molecule has 11 heteroatoms. The zero-order valence-electron chi connectivity index (χ0n) is 22.2. The van der Waals surface area contributed by atoms with E-state index in [0.29, 0.717) is 21.9 Å². The molecule has 0 saturated carbocycles. The highest BCUT2D eigenvalue weighted by molar-refractivity contribution is 7.88. The van der Waals surface area contributed by atoms with Crippen LogP contribution in [0.4, 0.5) is 13.2 Å². The van der Waals surface area contributed by atoms with Crippen LogP contribution in [0.2, 0.25) is 13.1 Å². The number of aryl methyl sites for hydroxylation is 1. The van der Waals surface area contributed by atoms with Crippen LogP contribution in [0.1, 0.15) is 47.8 Å². The molecule has 4 rings (SSSR count). The number of ketones is 1. The molecule has 1 aliphatic carbocycles. The minimum absolute atomic E-state index is 0.221. The maximum Gasteiger partial charge on any atom is 0.534 e. The van der Waals surface area contributed by atoms with Gasteiger partial charge in [0.15, 0.2) is 5.78 Å². The minimum Gasteiger partial charge on any atom is -0.456 e. The second-order valence-corrected chi connectivity index (χ2v) is 16.8. The Balaban J connectivity index is 1.91. The average Bonchev–Trinajstić information content (AvgIpc) is 2.78. The fraction of sp³-hybridized carbons (Fsp3) is 0.286. The molecule has 0 unspecified atom stereocenters. The summed E-state index contributed by atoms with van der Waals surface area (Å²) in [5.74, 6) is -1.17. The summed E-state index contributed by atoms with van der Waals surface area (Å²) in [7, 11) is -8.58. The number of fused-ring (bicyclic) bond motifs is 2. The molecular formula is C28H27F3O6SSi. The van der Waals surface area contributed by atoms with Crippen molar-refractivity contribution in [2.75, 3.05) is 0 Å². The van der Waals surface area contributed by atoms with E-state index in [9.17, 15) is 31.2 Å². The van der Waals surface area contributed by atoms with Gasteiger partial charge in [-0.25, -0.2) is 4.79 Å². The Labute approximate surface area is 226 Å². The van der Waals surface area contributed by atoms with Crippen LogP contribution in [0.3, 0.4) is 0 Å². The molecule has 2 aliphatic rings. The van der Waals surface area contributed by atoms with E-state index in [1.54, 1.807) is 45.0 Å². The van der Waals surface area contributed by atoms with Gasteiger partial charge >= 0.3 is 21.6 Å². The number of esters is 1. The third-order valence-electron chi connectivity index (χ3n) is 6.49. The highest BCUT2D eigenvalue weighted by atomic mass is 32.2. The summed E-state index contributed by atoms with van der Waals surface area (Å²) in [6, 6.07) is 9.13. The maximum absolute atomic E-state index is 13.0. The van der Waals surface area contributed by atoms with E-state index in [-0.39, 0.29) is 5.78 Å². The van der Waals surface area contributed by atoms with E-state index in [1.165, 1.54) is 30.4 Å². The van der Waals surface area contributed by atoms with Crippen molar-refractivity contribution in [3.63, 3.8) is 0 Å². The molecule has 0 radical (unpaired) electrons. The molecule has 0 fully saturated rings. The second kappa shape index (κ2) is 9.34. The summed E-state index contributed by atoms with van der Waals surface area (Å²) in [6.45, 7) is 11.0. The van der Waals surface area contributed by atoms with E-state index in [2.05, 4.69) is 4.18 Å². The lowest BCUT2D eigenvalue weighted by molar-refractivity contribution is -0.110. The first-order valence-electron chi connectivity index (χ1n) is 12.0. The third-order valence-corrected chi connectivity index (χ3v) is 11.0. The standard InChI is InChI=1S/C28H27F3O6SSi/c1-16-13-17(26(33)36-27(2,3)4)7-10-20(16)25-21-11-8-18(32)14-23(21)39(5,6)24-15-19(9-12-22(24)25)37-38(34,35)28(29,30)31/h7-15H,1-6H3. The van der Waals surface area contributed by atoms with E-state index < -0.39 is 41.0 Å². The van der Waals surface area contributed by atoms with Crippen molar-refractivity contribution < 1.29 is 40.1 Å². The molecule has 0 amide bonds. The smallest absolute Gasteiger partial charge is 0.456 e. The number of hydrogen-bond donors (Lipinski definition) is 0. The number of carbonyl (C=O) groups excluding carboxylic acids is 2. The van der Waals surface area contributed by atoms with Gasteiger partial charge in [-0.15, -0.1) is 0 Å². The first-order valence-corrected chi connectivity index (χ1v) is 16.4. The van der Waals surface area contributed by atoms with Gasteiger partial charge in [0.25, 0.3) is 0 Å². The van der Waals surface area contributed by atoms with Crippen LogP contribution in [0.15, 0.2) is 65.4 Å². The van der Waals surface area contributed by atoms with E-state index >= 15 is 0 Å². The number of alkyl halides is 3. The van der Waals surface area contributed by atoms with Crippen molar-refractivity contribution in [2.24, 2.45) is 0 Å². The molecule has 6 nitrogen and oxygen atoms in total. The van der Waals surface area contributed by atoms with Gasteiger partial charge in [0.05, 0.1) is 5.56 Å². The number of halogens is 3. The predicted octanol–water partition coefficient (Wildman–Crippen LogP) is 5.51. The molecule has 1 aliphatic heterocycles. The maximum atomic E-state index is 13.0. The van der Waals surface area contributed by atoms with Gasteiger partial charge in [0.1, 0.15) is 19.4 Å². The summed E-state index contributed by atoms with van der Waals surface area (Å²) in [5, 5.41) is 1.37. The molecule has 0 bridgehead atoms. The molecule has 0 aromatic heterocycles. The van der Waals surface area contributed by atoms with Gasteiger partial charge in [-0.2, -0.15) is 21.6 Å². The van der Waals surface area contributed by atoms with Crippen LogP contribution < -0.4 is 9.37 Å². The molecule has 0 spiro atoms. The average molecular weight is 577 g/mol. The van der Waals surface area contributed by atoms with E-state index in [4.69, 9.17) is 4.74 Å². The molecular weight excluding hydrogens is 549 g/mol. The number of carbonyl (C=O) groups is 2. The van der Waals surface area contributed by atoms with Gasteiger partial charge in [-0.1, -0.05) is 31.3 Å². The van der Waals surface area contributed by atoms with Crippen molar-refractivity contribution in [2.45, 2.75) is 51.9 Å². The van der Waals surface area contributed by atoms with Crippen molar-refractivity contribution >= 4 is 40.7 Å². The zero-order valence-corrected chi connectivity index (χ0v) is 24.0. The van der Waals surface area contributed by atoms with Crippen molar-refractivity contribution in [1.29, 1.82) is 0 Å². The lowest BCUT2D eigenvalue weighted by atomic mass is 9.87. The number of ether oxygens (including phenoxy) is 1. The van der Waals surface area contributed by atoms with Gasteiger partial charge < -0.3 is 8.92 Å². The summed E-state index contributed by atoms with van der Waals surface area (Å²) in [4.78, 5) is 25.0. The van der Waals surface area contributed by atoms with Gasteiger partial charge in [-0.05, 0) is 102 Å². The Morgan fingerprint density at radius 2 is 1.59 bits per heavy atom. The number of allylic oxidation sites excluding steroid dienone is 5. The van der Waals surface area contributed by atoms with Crippen LogP contribution in [0.5, 0.6) is 5.75 Å². The van der Waals surface area contributed by atoms with Crippen LogP contribution in [-0.4, -0.2) is 39.4 Å². The normalized spacial score (nSPS) is 16.8. The van der Waals surface area contributed by atoms with Crippen LogP contribution in [-0.2, 0) is 19.6 Å². The van der Waals surface area contributed by atoms with Gasteiger partial charge in [0, 0.05) is 0 Å². The minimum atomic E-state index is -5.87. The molecule has 0 saturated heterocycles. The number of benzene rings is 2. The topological polar surface area (TPSA) is 86.7 Å². The lowest BCUT2D eigenvalue weighted by Crippen LogP contribution is -2.49. The van der Waals surface area contributed by atoms with Crippen molar-refractivity contribution in [1.82, 2.24) is 0 Å². The first kappa shape index (κ1) is 28.6. The number of hydrogen-bond acceptors (Lipinski definition) is 6. The fourth-order valence-electron chi connectivity index (χ4n) is 4.73. The SMILES string of the molecule is Cc1cc(C(=O)OC(C)(C)C)ccc1C1=C2C=CC(=O)C=C2[Si](C)(C)c2cc(OS(=O)(=O)C(F)(F)F)ccc21. The predicted molar refractivity (Wildman–Crippen MR) is 144 cm³/mol. The Morgan fingerprint density at radius 1 is 0.949 bits per heavy atom. The summed E-state index contributed by atoms with van der Waals surface area (Å²) < 4.78 is 72.2. The van der Waals surface area contributed by atoms with Crippen molar-refractivity contribution in [3.05, 3.63) is 87.6 Å². The molecule has 2 aromatic carbocycles. The largest absolute Gasteiger partial charge is 0.534 e. The summed E-state index contributed by atoms with van der Waals surface area (Å²) >= 11 is 0. The highest BCUT2D eigenvalue weighted by Crippen LogP contribution is 2.43. The van der Waals surface area contributed by atoms with Gasteiger partial charge in [-0.3, -0.25) is 4.79 Å². The molecule has 0 atom stereocenters. The number of rotatable bonds is 4. The monoisotopic (exact) mass is 576 g/mol. The molecule has 206 valence electrons. The van der Waals surface area contributed by atoms with E-state index in [1.807, 2.05) is 20.0 Å². The Kier molecular flexibility index (Phi) is 6.84. The lowest BCUT2D eigenvalue weighted by Gasteiger charge is -2.38. The Morgan fingerprint density at radius 3 is 2.18 bits per heavy atom. The second-order valence-electron chi connectivity index (χ2n) is 10.9. The van der Waals surface area contributed by atoms with E-state index in [0.717, 1.165) is 21.9 Å². The fourth-order valence-corrected chi connectivity index (χ4v) is 8.24. The molecule has 1 heterocycles. The zero-order chi connectivity index (χ0) is 29.1. The quantitative estimate of drug-likeness (QED) is 0.206. The first-order chi connectivity index (χ1) is 17.8. The van der Waals surface area contributed by atoms with Gasteiger partial charge in [0.2, 0.25) is 0 Å². The third kappa shape index (κ3) is 5.37. The molecule has 0 N–H and O–H groups in total. The van der Waals surface area contributed by atoms with Crippen LogP contribution >= 0.6 is 0 Å². The molecule has 39 heavy (non-hydrogen) atoms. The Bertz CT molecular complexity index is 1610. The summed E-state index contributed by atoms with van der Waals surface area (Å²) in [5.41, 5.74) is -2.23. The molecule has 2 aromatic rings. The van der Waals surface area contributed by atoms with Crippen molar-refractivity contribution in [3.8, 4) is 5.75 Å². The van der Waals surface area contributed by atoms with Crippen LogP contribution in [0.25, 0.3) is 5.57 Å². The van der Waals surface area contributed by atoms with Crippen LogP contribution in [0, 0.1) is 6.92 Å². The summed E-state index contributed by atoms with van der Waals surface area (Å²) in [6.07, 6.45) is 4.70. The highest BCUT2D eigenvalue weighted by Gasteiger charge is 2.49. The Hall–Kier alpha value is -3.44.